The molecule has 1 aliphatic rings. The molecule has 1 unspecified atom stereocenters. The zero-order valence-electron chi connectivity index (χ0n) is 11.1. The Kier molecular flexibility index (Phi) is 5.55. The smallest absolute Gasteiger partial charge is 0.231 e. The molecule has 1 heterocycles. The SMILES string of the molecule is CC(CS(C)(=O)=O)NC1CCN(CC(N)=O)CC1. The van der Waals surface area contributed by atoms with Gasteiger partial charge in [0, 0.05) is 31.4 Å². The summed E-state index contributed by atoms with van der Waals surface area (Å²) in [5.41, 5.74) is 5.15. The molecule has 0 aliphatic carbocycles. The first-order chi connectivity index (χ1) is 8.26. The van der Waals surface area contributed by atoms with Crippen LogP contribution in [0.3, 0.4) is 0 Å². The minimum absolute atomic E-state index is 0.0345. The van der Waals surface area contributed by atoms with Gasteiger partial charge in [-0.2, -0.15) is 0 Å². The molecule has 18 heavy (non-hydrogen) atoms. The number of nitrogens with zero attached hydrogens (tertiary/aromatic N) is 1. The van der Waals surface area contributed by atoms with E-state index in [2.05, 4.69) is 5.32 Å². The fourth-order valence-corrected chi connectivity index (χ4v) is 3.39. The molecule has 1 atom stereocenters. The average Bonchev–Trinajstić information content (AvgIpc) is 2.17. The number of primary amides is 1. The van der Waals surface area contributed by atoms with Crippen molar-refractivity contribution >= 4 is 15.7 Å². The lowest BCUT2D eigenvalue weighted by molar-refractivity contribution is -0.119. The van der Waals surface area contributed by atoms with Crippen LogP contribution in [0.15, 0.2) is 0 Å². The van der Waals surface area contributed by atoms with E-state index in [9.17, 15) is 13.2 Å². The van der Waals surface area contributed by atoms with Gasteiger partial charge in [0.1, 0.15) is 9.84 Å². The number of amides is 1. The molecule has 1 aliphatic heterocycles. The van der Waals surface area contributed by atoms with E-state index >= 15 is 0 Å². The maximum atomic E-state index is 11.2. The van der Waals surface area contributed by atoms with Crippen LogP contribution in [-0.4, -0.2) is 63.0 Å². The van der Waals surface area contributed by atoms with Crippen molar-refractivity contribution in [2.24, 2.45) is 5.73 Å². The topological polar surface area (TPSA) is 92.5 Å². The summed E-state index contributed by atoms with van der Waals surface area (Å²) >= 11 is 0. The molecular weight excluding hydrogens is 254 g/mol. The number of likely N-dealkylation sites (tertiary alicyclic amines) is 1. The van der Waals surface area contributed by atoms with Crippen LogP contribution >= 0.6 is 0 Å². The fourth-order valence-electron chi connectivity index (χ4n) is 2.38. The van der Waals surface area contributed by atoms with Gasteiger partial charge in [-0.15, -0.1) is 0 Å². The molecule has 0 bridgehead atoms. The van der Waals surface area contributed by atoms with Crippen LogP contribution in [0.5, 0.6) is 0 Å². The van der Waals surface area contributed by atoms with Gasteiger partial charge in [0.15, 0.2) is 0 Å². The second kappa shape index (κ2) is 6.49. The maximum Gasteiger partial charge on any atom is 0.231 e. The summed E-state index contributed by atoms with van der Waals surface area (Å²) in [4.78, 5) is 12.8. The number of sulfone groups is 1. The Labute approximate surface area is 109 Å². The van der Waals surface area contributed by atoms with Gasteiger partial charge < -0.3 is 11.1 Å². The Bertz CT molecular complexity index is 375. The van der Waals surface area contributed by atoms with Gasteiger partial charge in [0.2, 0.25) is 5.91 Å². The molecular formula is C11H23N3O3S. The normalized spacial score (nSPS) is 20.8. The molecule has 0 aromatic rings. The molecule has 1 rings (SSSR count). The standard InChI is InChI=1S/C11H23N3O3S/c1-9(8-18(2,16)17)13-10-3-5-14(6-4-10)7-11(12)15/h9-10,13H,3-8H2,1-2H3,(H2,12,15). The van der Waals surface area contributed by atoms with Crippen LogP contribution in [0.4, 0.5) is 0 Å². The van der Waals surface area contributed by atoms with Crippen molar-refractivity contribution in [3.05, 3.63) is 0 Å². The summed E-state index contributed by atoms with van der Waals surface area (Å²) in [6.07, 6.45) is 3.09. The molecule has 106 valence electrons. The van der Waals surface area contributed by atoms with E-state index in [4.69, 9.17) is 5.73 Å². The molecule has 0 aromatic heterocycles. The largest absolute Gasteiger partial charge is 0.369 e. The van der Waals surface area contributed by atoms with E-state index in [-0.39, 0.29) is 17.7 Å². The van der Waals surface area contributed by atoms with Crippen molar-refractivity contribution in [3.8, 4) is 0 Å². The quantitative estimate of drug-likeness (QED) is 0.647. The van der Waals surface area contributed by atoms with Crippen LogP contribution in [0.25, 0.3) is 0 Å². The highest BCUT2D eigenvalue weighted by Gasteiger charge is 2.22. The highest BCUT2D eigenvalue weighted by molar-refractivity contribution is 7.90. The Morgan fingerprint density at radius 2 is 2.00 bits per heavy atom. The van der Waals surface area contributed by atoms with Crippen molar-refractivity contribution in [3.63, 3.8) is 0 Å². The minimum Gasteiger partial charge on any atom is -0.369 e. The number of carbonyl (C=O) groups excluding carboxylic acids is 1. The molecule has 3 N–H and O–H groups in total. The summed E-state index contributed by atoms with van der Waals surface area (Å²) in [7, 11) is -2.93. The molecule has 1 amide bonds. The number of nitrogens with two attached hydrogens (primary N) is 1. The number of hydrogen-bond donors (Lipinski definition) is 2. The molecule has 1 saturated heterocycles. The van der Waals surface area contributed by atoms with Crippen molar-refractivity contribution in [1.82, 2.24) is 10.2 Å². The molecule has 0 saturated carbocycles. The van der Waals surface area contributed by atoms with E-state index < -0.39 is 9.84 Å². The van der Waals surface area contributed by atoms with Gasteiger partial charge >= 0.3 is 0 Å². The van der Waals surface area contributed by atoms with Crippen molar-refractivity contribution < 1.29 is 13.2 Å². The van der Waals surface area contributed by atoms with Gasteiger partial charge in [-0.25, -0.2) is 8.42 Å². The van der Waals surface area contributed by atoms with Gasteiger partial charge in [-0.3, -0.25) is 9.69 Å². The van der Waals surface area contributed by atoms with E-state index in [1.807, 2.05) is 11.8 Å². The zero-order valence-corrected chi connectivity index (χ0v) is 11.9. The Morgan fingerprint density at radius 3 is 2.44 bits per heavy atom. The number of piperidine rings is 1. The predicted octanol–water partition coefficient (Wildman–Crippen LogP) is -1.04. The van der Waals surface area contributed by atoms with Crippen LogP contribution < -0.4 is 11.1 Å². The summed E-state index contributed by atoms with van der Waals surface area (Å²) in [6, 6.07) is 0.290. The first-order valence-electron chi connectivity index (χ1n) is 6.20. The first kappa shape index (κ1) is 15.4. The van der Waals surface area contributed by atoms with Crippen LogP contribution in [-0.2, 0) is 14.6 Å². The van der Waals surface area contributed by atoms with Crippen molar-refractivity contribution in [2.45, 2.75) is 31.8 Å². The third-order valence-corrected chi connectivity index (χ3v) is 4.15. The molecule has 0 spiro atoms. The van der Waals surface area contributed by atoms with E-state index in [0.717, 1.165) is 25.9 Å². The summed E-state index contributed by atoms with van der Waals surface area (Å²) in [5, 5.41) is 3.33. The monoisotopic (exact) mass is 277 g/mol. The van der Waals surface area contributed by atoms with Gasteiger partial charge in [0.25, 0.3) is 0 Å². The third-order valence-electron chi connectivity index (χ3n) is 3.04. The van der Waals surface area contributed by atoms with Crippen molar-refractivity contribution in [1.29, 1.82) is 0 Å². The van der Waals surface area contributed by atoms with E-state index in [1.165, 1.54) is 6.26 Å². The zero-order chi connectivity index (χ0) is 13.8. The molecule has 7 heteroatoms. The van der Waals surface area contributed by atoms with Crippen LogP contribution in [0.1, 0.15) is 19.8 Å². The Morgan fingerprint density at radius 1 is 1.44 bits per heavy atom. The highest BCUT2D eigenvalue weighted by Crippen LogP contribution is 2.10. The lowest BCUT2D eigenvalue weighted by Gasteiger charge is -2.33. The van der Waals surface area contributed by atoms with E-state index in [1.54, 1.807) is 0 Å². The summed E-state index contributed by atoms with van der Waals surface area (Å²) in [5.74, 6) is -0.138. The Hall–Kier alpha value is -0.660. The third kappa shape index (κ3) is 6.32. The fraction of sp³-hybridized carbons (Fsp3) is 0.909. The lowest BCUT2D eigenvalue weighted by Crippen LogP contribution is -2.48. The lowest BCUT2D eigenvalue weighted by atomic mass is 10.0. The summed E-state index contributed by atoms with van der Waals surface area (Å²) in [6.45, 7) is 3.85. The molecule has 6 nitrogen and oxygen atoms in total. The second-order valence-electron chi connectivity index (χ2n) is 5.18. The number of carbonyl (C=O) groups is 1. The first-order valence-corrected chi connectivity index (χ1v) is 8.27. The van der Waals surface area contributed by atoms with E-state index in [0.29, 0.717) is 12.6 Å². The number of hydrogen-bond acceptors (Lipinski definition) is 5. The molecule has 1 fully saturated rings. The summed E-state index contributed by atoms with van der Waals surface area (Å²) < 4.78 is 22.3. The van der Waals surface area contributed by atoms with Crippen LogP contribution in [0.2, 0.25) is 0 Å². The Balaban J connectivity index is 2.29. The average molecular weight is 277 g/mol. The van der Waals surface area contributed by atoms with Gasteiger partial charge in [0.05, 0.1) is 12.3 Å². The maximum absolute atomic E-state index is 11.2. The second-order valence-corrected chi connectivity index (χ2v) is 7.36. The van der Waals surface area contributed by atoms with Crippen LogP contribution in [0, 0.1) is 0 Å². The molecule has 0 radical (unpaired) electrons. The van der Waals surface area contributed by atoms with Gasteiger partial charge in [-0.1, -0.05) is 0 Å². The predicted molar refractivity (Wildman–Crippen MR) is 71.0 cm³/mol. The van der Waals surface area contributed by atoms with Gasteiger partial charge in [-0.05, 0) is 19.8 Å². The number of rotatable bonds is 6. The highest BCUT2D eigenvalue weighted by atomic mass is 32.2. The van der Waals surface area contributed by atoms with Crippen molar-refractivity contribution in [2.75, 3.05) is 31.6 Å². The molecule has 0 aromatic carbocycles. The number of nitrogens with one attached hydrogen (secondary N) is 1. The minimum atomic E-state index is -2.93.